The van der Waals surface area contributed by atoms with Crippen molar-refractivity contribution in [2.24, 2.45) is 5.73 Å². The molecule has 3 aromatic heterocycles. The number of thiazole rings is 1. The molecule has 40 heavy (non-hydrogen) atoms. The zero-order valence-corrected chi connectivity index (χ0v) is 23.5. The van der Waals surface area contributed by atoms with Crippen LogP contribution in [0, 0.1) is 0 Å². The van der Waals surface area contributed by atoms with Crippen molar-refractivity contribution in [2.45, 2.75) is 23.8 Å². The third kappa shape index (κ3) is 5.06. The number of carbonyl (C=O) groups is 1. The molecule has 0 aliphatic carbocycles. The number of halogens is 1. The molecule has 2 aromatic carbocycles. The minimum Gasteiger partial charge on any atom is -0.366 e. The van der Waals surface area contributed by atoms with E-state index in [1.165, 1.54) is 27.8 Å². The molecule has 10 nitrogen and oxygen atoms in total. The van der Waals surface area contributed by atoms with Gasteiger partial charge in [0.2, 0.25) is 21.9 Å². The summed E-state index contributed by atoms with van der Waals surface area (Å²) in [4.78, 5) is 26.8. The average Bonchev–Trinajstić information content (AvgIpc) is 3.55. The van der Waals surface area contributed by atoms with Gasteiger partial charge in [0.05, 0.1) is 16.3 Å². The molecule has 6 rings (SSSR count). The lowest BCUT2D eigenvalue weighted by molar-refractivity contribution is 0.100. The summed E-state index contributed by atoms with van der Waals surface area (Å²) in [6.45, 7) is 0.717. The fourth-order valence-corrected chi connectivity index (χ4v) is 7.19. The molecule has 13 heteroatoms. The molecular formula is C27H24ClN7O3S2. The minimum absolute atomic E-state index is 0.176. The van der Waals surface area contributed by atoms with Crippen molar-refractivity contribution in [2.75, 3.05) is 18.4 Å². The zero-order chi connectivity index (χ0) is 27.9. The van der Waals surface area contributed by atoms with Crippen LogP contribution in [0.2, 0.25) is 5.02 Å². The summed E-state index contributed by atoms with van der Waals surface area (Å²) >= 11 is 7.43. The Morgan fingerprint density at radius 2 is 1.95 bits per heavy atom. The highest BCUT2D eigenvalue weighted by atomic mass is 35.5. The number of imidazole rings is 1. The number of anilines is 1. The maximum Gasteiger partial charge on any atom is 0.248 e. The molecular weight excluding hydrogens is 570 g/mol. The van der Waals surface area contributed by atoms with Crippen LogP contribution >= 0.6 is 22.9 Å². The quantitative estimate of drug-likeness (QED) is 0.283. The number of sulfonamides is 1. The summed E-state index contributed by atoms with van der Waals surface area (Å²) in [5, 5.41) is 5.75. The first-order valence-corrected chi connectivity index (χ1v) is 15.2. The molecule has 0 radical (unpaired) electrons. The van der Waals surface area contributed by atoms with Gasteiger partial charge < -0.3 is 11.1 Å². The lowest BCUT2D eigenvalue weighted by atomic mass is 10.0. The Bertz CT molecular complexity index is 1820. The first-order chi connectivity index (χ1) is 19.3. The highest BCUT2D eigenvalue weighted by molar-refractivity contribution is 7.89. The van der Waals surface area contributed by atoms with E-state index >= 15 is 0 Å². The summed E-state index contributed by atoms with van der Waals surface area (Å²) in [6, 6.07) is 14.8. The first kappa shape index (κ1) is 26.4. The number of piperidine rings is 1. The van der Waals surface area contributed by atoms with Gasteiger partial charge in [-0.15, -0.1) is 11.3 Å². The number of hydrogen-bond donors (Lipinski definition) is 2. The highest BCUT2D eigenvalue weighted by Crippen LogP contribution is 2.34. The van der Waals surface area contributed by atoms with Crippen LogP contribution in [0.25, 0.3) is 27.6 Å². The number of rotatable bonds is 7. The molecule has 0 spiro atoms. The number of carbonyl (C=O) groups excluding carboxylic acids is 1. The Hall–Kier alpha value is -3.84. The van der Waals surface area contributed by atoms with E-state index in [0.717, 1.165) is 22.6 Å². The number of nitrogens with two attached hydrogens (primary N) is 1. The van der Waals surface area contributed by atoms with Crippen molar-refractivity contribution in [3.8, 4) is 22.6 Å². The molecule has 1 fully saturated rings. The minimum atomic E-state index is -3.66. The van der Waals surface area contributed by atoms with Crippen LogP contribution in [0.15, 0.2) is 77.3 Å². The third-order valence-electron chi connectivity index (χ3n) is 6.75. The molecule has 5 aromatic rings. The van der Waals surface area contributed by atoms with E-state index in [9.17, 15) is 13.2 Å². The molecule has 204 valence electrons. The van der Waals surface area contributed by atoms with Gasteiger partial charge in [-0.25, -0.2) is 23.4 Å². The molecule has 1 aliphatic rings. The van der Waals surface area contributed by atoms with Gasteiger partial charge in [0.15, 0.2) is 4.96 Å². The van der Waals surface area contributed by atoms with Crippen molar-refractivity contribution in [3.05, 3.63) is 83.0 Å². The lowest BCUT2D eigenvalue weighted by Gasteiger charge is -2.32. The molecule has 0 bridgehead atoms. The van der Waals surface area contributed by atoms with Gasteiger partial charge in [0.1, 0.15) is 5.69 Å². The Morgan fingerprint density at radius 3 is 2.75 bits per heavy atom. The van der Waals surface area contributed by atoms with Gasteiger partial charge in [0, 0.05) is 53.1 Å². The molecule has 1 atom stereocenters. The predicted molar refractivity (Wildman–Crippen MR) is 155 cm³/mol. The Kier molecular flexibility index (Phi) is 7.00. The van der Waals surface area contributed by atoms with E-state index in [4.69, 9.17) is 27.3 Å². The fraction of sp³-hybridized carbons (Fsp3) is 0.185. The number of aromatic nitrogens is 4. The molecule has 1 aliphatic heterocycles. The topological polar surface area (TPSA) is 136 Å². The van der Waals surface area contributed by atoms with Gasteiger partial charge in [-0.2, -0.15) is 4.31 Å². The SMILES string of the molecule is NC(=O)c1cccc(-c2nc3sccn3c2-c2ccnc(NC3CCCN(S(=O)(=O)c4ccc(Cl)cc4)C3)n2)c1. The fourth-order valence-electron chi connectivity index (χ4n) is 4.83. The maximum absolute atomic E-state index is 13.2. The van der Waals surface area contributed by atoms with Crippen LogP contribution in [0.3, 0.4) is 0 Å². The van der Waals surface area contributed by atoms with Crippen molar-refractivity contribution < 1.29 is 13.2 Å². The monoisotopic (exact) mass is 593 g/mol. The Morgan fingerprint density at radius 1 is 1.12 bits per heavy atom. The van der Waals surface area contributed by atoms with Gasteiger partial charge in [-0.1, -0.05) is 23.7 Å². The first-order valence-electron chi connectivity index (χ1n) is 12.5. The summed E-state index contributed by atoms with van der Waals surface area (Å²) in [5.41, 5.74) is 8.68. The van der Waals surface area contributed by atoms with E-state index in [2.05, 4.69) is 10.3 Å². The number of nitrogens with zero attached hydrogens (tertiary/aromatic N) is 5. The van der Waals surface area contributed by atoms with Crippen molar-refractivity contribution in [3.63, 3.8) is 0 Å². The Labute approximate surface area is 239 Å². The third-order valence-corrected chi connectivity index (χ3v) is 9.64. The standard InChI is InChI=1S/C27H24ClN7O3S2/c28-19-6-8-21(9-7-19)40(37,38)34-12-2-5-20(16-34)31-26-30-11-10-22(32-26)24-23(33-27-35(24)13-14-39-27)17-3-1-4-18(15-17)25(29)36/h1,3-4,6-11,13-15,20H,2,5,12,16H2,(H2,29,36)(H,30,31,32). The summed E-state index contributed by atoms with van der Waals surface area (Å²) < 4.78 is 29.9. The number of benzene rings is 2. The van der Waals surface area contributed by atoms with Crippen LogP contribution in [0.5, 0.6) is 0 Å². The van der Waals surface area contributed by atoms with E-state index in [0.29, 0.717) is 40.9 Å². The highest BCUT2D eigenvalue weighted by Gasteiger charge is 2.30. The van der Waals surface area contributed by atoms with Gasteiger partial charge >= 0.3 is 0 Å². The molecule has 1 unspecified atom stereocenters. The normalized spacial score (nSPS) is 16.3. The molecule has 4 heterocycles. The van der Waals surface area contributed by atoms with E-state index in [-0.39, 0.29) is 17.5 Å². The number of nitrogens with one attached hydrogen (secondary N) is 1. The van der Waals surface area contributed by atoms with Gasteiger partial charge in [0.25, 0.3) is 0 Å². The smallest absolute Gasteiger partial charge is 0.248 e. The molecule has 1 amide bonds. The van der Waals surface area contributed by atoms with Crippen LogP contribution in [0.4, 0.5) is 5.95 Å². The zero-order valence-electron chi connectivity index (χ0n) is 21.1. The van der Waals surface area contributed by atoms with Crippen LogP contribution in [-0.2, 0) is 10.0 Å². The molecule has 3 N–H and O–H groups in total. The number of primary amides is 1. The second-order valence-corrected chi connectivity index (χ2v) is 12.6. The summed E-state index contributed by atoms with van der Waals surface area (Å²) in [5.74, 6) is -0.132. The van der Waals surface area contributed by atoms with E-state index in [1.807, 2.05) is 22.0 Å². The average molecular weight is 594 g/mol. The number of hydrogen-bond acceptors (Lipinski definition) is 8. The lowest BCUT2D eigenvalue weighted by Crippen LogP contribution is -2.45. The van der Waals surface area contributed by atoms with Gasteiger partial charge in [-0.05, 0) is 55.3 Å². The van der Waals surface area contributed by atoms with Crippen molar-refractivity contribution in [1.82, 2.24) is 23.7 Å². The second kappa shape index (κ2) is 10.6. The van der Waals surface area contributed by atoms with Crippen LogP contribution in [-0.4, -0.2) is 57.1 Å². The largest absolute Gasteiger partial charge is 0.366 e. The Balaban J connectivity index is 1.29. The van der Waals surface area contributed by atoms with E-state index < -0.39 is 15.9 Å². The molecule has 1 saturated heterocycles. The second-order valence-electron chi connectivity index (χ2n) is 9.38. The van der Waals surface area contributed by atoms with Gasteiger partial charge in [-0.3, -0.25) is 9.20 Å². The predicted octanol–water partition coefficient (Wildman–Crippen LogP) is 4.54. The number of fused-ring (bicyclic) bond motifs is 1. The van der Waals surface area contributed by atoms with E-state index in [1.54, 1.807) is 42.6 Å². The van der Waals surface area contributed by atoms with Crippen LogP contribution < -0.4 is 11.1 Å². The maximum atomic E-state index is 13.2. The van der Waals surface area contributed by atoms with Crippen molar-refractivity contribution >= 4 is 49.8 Å². The molecule has 0 saturated carbocycles. The van der Waals surface area contributed by atoms with Crippen molar-refractivity contribution in [1.29, 1.82) is 0 Å². The summed E-state index contributed by atoms with van der Waals surface area (Å²) in [6.07, 6.45) is 5.04. The number of amides is 1. The van der Waals surface area contributed by atoms with Crippen LogP contribution in [0.1, 0.15) is 23.2 Å². The summed E-state index contributed by atoms with van der Waals surface area (Å²) in [7, 11) is -3.66.